The molecular weight excluding hydrogens is 328 g/mol. The summed E-state index contributed by atoms with van der Waals surface area (Å²) in [6.45, 7) is 3.55. The lowest BCUT2D eigenvalue weighted by atomic mass is 10.1. The van der Waals surface area contributed by atoms with Crippen LogP contribution in [0.15, 0.2) is 35.4 Å². The van der Waals surface area contributed by atoms with E-state index in [1.165, 1.54) is 18.3 Å². The van der Waals surface area contributed by atoms with E-state index < -0.39 is 10.0 Å². The minimum Gasteiger partial charge on any atom is -0.363 e. The number of anilines is 2. The van der Waals surface area contributed by atoms with Crippen molar-refractivity contribution in [1.29, 1.82) is 0 Å². The Morgan fingerprint density at radius 2 is 1.88 bits per heavy atom. The number of nitrogens with one attached hydrogen (secondary N) is 1. The van der Waals surface area contributed by atoms with E-state index in [2.05, 4.69) is 10.3 Å². The van der Waals surface area contributed by atoms with Crippen molar-refractivity contribution in [3.8, 4) is 0 Å². The second-order valence-corrected chi connectivity index (χ2v) is 7.27. The summed E-state index contributed by atoms with van der Waals surface area (Å²) in [5.41, 5.74) is 2.27. The van der Waals surface area contributed by atoms with Gasteiger partial charge in [0, 0.05) is 26.0 Å². The molecule has 2 aromatic rings. The molecule has 0 saturated carbocycles. The highest BCUT2D eigenvalue weighted by atomic mass is 32.2. The van der Waals surface area contributed by atoms with E-state index in [4.69, 9.17) is 5.14 Å². The number of pyridine rings is 1. The van der Waals surface area contributed by atoms with Gasteiger partial charge in [0.2, 0.25) is 10.0 Å². The van der Waals surface area contributed by atoms with Crippen LogP contribution in [0.3, 0.4) is 0 Å². The Kier molecular flexibility index (Phi) is 4.91. The summed E-state index contributed by atoms with van der Waals surface area (Å²) in [5, 5.41) is 7.89. The molecule has 0 radical (unpaired) electrons. The molecule has 0 aliphatic heterocycles. The predicted molar refractivity (Wildman–Crippen MR) is 93.8 cm³/mol. The molecule has 0 aliphatic carbocycles. The van der Waals surface area contributed by atoms with E-state index in [1.54, 1.807) is 26.0 Å². The average Bonchev–Trinajstić information content (AvgIpc) is 2.50. The maximum Gasteiger partial charge on any atom is 0.257 e. The van der Waals surface area contributed by atoms with Gasteiger partial charge in [0.1, 0.15) is 5.82 Å². The van der Waals surface area contributed by atoms with Crippen LogP contribution < -0.4 is 15.4 Å². The monoisotopic (exact) mass is 348 g/mol. The van der Waals surface area contributed by atoms with Crippen molar-refractivity contribution in [1.82, 2.24) is 4.98 Å². The number of rotatable bonds is 4. The Morgan fingerprint density at radius 3 is 2.38 bits per heavy atom. The van der Waals surface area contributed by atoms with Gasteiger partial charge in [-0.3, -0.25) is 4.79 Å². The number of nitrogens with zero attached hydrogens (tertiary/aromatic N) is 2. The van der Waals surface area contributed by atoms with Crippen LogP contribution in [0, 0.1) is 13.8 Å². The summed E-state index contributed by atoms with van der Waals surface area (Å²) >= 11 is 0. The first-order valence-corrected chi connectivity index (χ1v) is 8.73. The zero-order chi connectivity index (χ0) is 18.1. The highest BCUT2D eigenvalue weighted by molar-refractivity contribution is 7.89. The molecule has 0 bridgehead atoms. The maximum absolute atomic E-state index is 12.4. The largest absolute Gasteiger partial charge is 0.363 e. The number of primary sulfonamides is 1. The number of hydrogen-bond acceptors (Lipinski definition) is 5. The number of carbonyl (C=O) groups excluding carboxylic acids is 1. The number of amides is 1. The maximum atomic E-state index is 12.4. The molecule has 0 spiro atoms. The third kappa shape index (κ3) is 3.90. The zero-order valence-electron chi connectivity index (χ0n) is 14.0. The topological polar surface area (TPSA) is 105 Å². The van der Waals surface area contributed by atoms with Crippen LogP contribution in [0.25, 0.3) is 0 Å². The molecule has 1 heterocycles. The normalized spacial score (nSPS) is 11.2. The third-order valence-electron chi connectivity index (χ3n) is 3.69. The van der Waals surface area contributed by atoms with E-state index in [-0.39, 0.29) is 10.8 Å². The van der Waals surface area contributed by atoms with Crippen molar-refractivity contribution >= 4 is 27.4 Å². The molecule has 0 fully saturated rings. The molecule has 0 saturated heterocycles. The molecule has 8 heteroatoms. The van der Waals surface area contributed by atoms with Gasteiger partial charge in [0.05, 0.1) is 10.5 Å². The number of benzene rings is 1. The number of hydrogen-bond donors (Lipinski definition) is 2. The lowest BCUT2D eigenvalue weighted by molar-refractivity contribution is 0.102. The van der Waals surface area contributed by atoms with Crippen LogP contribution in [0.4, 0.5) is 11.5 Å². The zero-order valence-corrected chi connectivity index (χ0v) is 14.8. The lowest BCUT2D eigenvalue weighted by Gasteiger charge is -2.14. The first-order valence-electron chi connectivity index (χ1n) is 7.18. The first kappa shape index (κ1) is 17.9. The molecule has 7 nitrogen and oxygen atoms in total. The molecule has 2 rings (SSSR count). The van der Waals surface area contributed by atoms with Gasteiger partial charge in [0.25, 0.3) is 5.91 Å². The number of aryl methyl sites for hydroxylation is 1. The van der Waals surface area contributed by atoms with Crippen LogP contribution in [0.5, 0.6) is 0 Å². The Morgan fingerprint density at radius 1 is 1.21 bits per heavy atom. The number of sulfonamides is 1. The molecular formula is C16H20N4O3S. The van der Waals surface area contributed by atoms with Gasteiger partial charge >= 0.3 is 0 Å². The summed E-state index contributed by atoms with van der Waals surface area (Å²) in [6.07, 6.45) is 1.47. The summed E-state index contributed by atoms with van der Waals surface area (Å²) in [7, 11) is -0.141. The van der Waals surface area contributed by atoms with Crippen LogP contribution in [-0.2, 0) is 10.0 Å². The van der Waals surface area contributed by atoms with Gasteiger partial charge in [-0.15, -0.1) is 0 Å². The van der Waals surface area contributed by atoms with E-state index in [9.17, 15) is 13.2 Å². The van der Waals surface area contributed by atoms with Crippen molar-refractivity contribution in [2.24, 2.45) is 5.14 Å². The minimum absolute atomic E-state index is 0.0398. The van der Waals surface area contributed by atoms with E-state index in [0.717, 1.165) is 16.9 Å². The number of carbonyl (C=O) groups is 1. The Balaban J connectivity index is 2.33. The molecule has 128 valence electrons. The van der Waals surface area contributed by atoms with E-state index >= 15 is 0 Å². The van der Waals surface area contributed by atoms with Gasteiger partial charge < -0.3 is 10.2 Å². The van der Waals surface area contributed by atoms with Crippen LogP contribution >= 0.6 is 0 Å². The average molecular weight is 348 g/mol. The van der Waals surface area contributed by atoms with E-state index in [0.29, 0.717) is 11.3 Å². The molecule has 3 N–H and O–H groups in total. The Labute approximate surface area is 141 Å². The van der Waals surface area contributed by atoms with Crippen molar-refractivity contribution < 1.29 is 13.2 Å². The summed E-state index contributed by atoms with van der Waals surface area (Å²) in [4.78, 5) is 18.3. The van der Waals surface area contributed by atoms with Gasteiger partial charge in [-0.25, -0.2) is 18.5 Å². The SMILES string of the molecule is Cc1cc(S(N)(=O)=O)cc(NC(=O)c2ccc(N(C)C)nc2)c1C. The van der Waals surface area contributed by atoms with Crippen LogP contribution in [0.1, 0.15) is 21.5 Å². The number of nitrogens with two attached hydrogens (primary N) is 1. The molecule has 0 aliphatic rings. The van der Waals surface area contributed by atoms with Gasteiger partial charge in [0.15, 0.2) is 0 Å². The Hall–Kier alpha value is -2.45. The Bertz CT molecular complexity index is 875. The molecule has 1 aromatic carbocycles. The van der Waals surface area contributed by atoms with Crippen LogP contribution in [-0.4, -0.2) is 33.4 Å². The molecule has 0 unspecified atom stereocenters. The molecule has 0 atom stereocenters. The van der Waals surface area contributed by atoms with Crippen molar-refractivity contribution in [2.75, 3.05) is 24.3 Å². The number of aromatic nitrogens is 1. The quantitative estimate of drug-likeness (QED) is 0.874. The summed E-state index contributed by atoms with van der Waals surface area (Å²) in [6, 6.07) is 6.22. The van der Waals surface area contributed by atoms with Gasteiger partial charge in [-0.1, -0.05) is 0 Å². The second kappa shape index (κ2) is 6.58. The van der Waals surface area contributed by atoms with Crippen molar-refractivity contribution in [3.63, 3.8) is 0 Å². The van der Waals surface area contributed by atoms with E-state index in [1.807, 2.05) is 19.0 Å². The molecule has 1 aromatic heterocycles. The molecule has 1 amide bonds. The fraction of sp³-hybridized carbons (Fsp3) is 0.250. The summed E-state index contributed by atoms with van der Waals surface area (Å²) < 4.78 is 23.1. The standard InChI is InChI=1S/C16H20N4O3S/c1-10-7-13(24(17,22)23)8-14(11(10)2)19-16(21)12-5-6-15(18-9-12)20(3)4/h5-9H,1-4H3,(H,19,21)(H2,17,22,23). The summed E-state index contributed by atoms with van der Waals surface area (Å²) in [5.74, 6) is 0.358. The van der Waals surface area contributed by atoms with Crippen molar-refractivity contribution in [3.05, 3.63) is 47.2 Å². The van der Waals surface area contributed by atoms with Crippen LogP contribution in [0.2, 0.25) is 0 Å². The van der Waals surface area contributed by atoms with Gasteiger partial charge in [-0.05, 0) is 49.2 Å². The second-order valence-electron chi connectivity index (χ2n) is 5.71. The third-order valence-corrected chi connectivity index (χ3v) is 4.58. The smallest absolute Gasteiger partial charge is 0.257 e. The molecule has 24 heavy (non-hydrogen) atoms. The predicted octanol–water partition coefficient (Wildman–Crippen LogP) is 1.66. The minimum atomic E-state index is -3.85. The van der Waals surface area contributed by atoms with Gasteiger partial charge in [-0.2, -0.15) is 0 Å². The fourth-order valence-electron chi connectivity index (χ4n) is 2.10. The highest BCUT2D eigenvalue weighted by Crippen LogP contribution is 2.24. The van der Waals surface area contributed by atoms with Crippen molar-refractivity contribution in [2.45, 2.75) is 18.7 Å². The first-order chi connectivity index (χ1) is 11.1. The highest BCUT2D eigenvalue weighted by Gasteiger charge is 2.15. The lowest BCUT2D eigenvalue weighted by Crippen LogP contribution is -2.17. The fourth-order valence-corrected chi connectivity index (χ4v) is 2.72.